The van der Waals surface area contributed by atoms with E-state index in [-0.39, 0.29) is 29.8 Å². The first kappa shape index (κ1) is 19.2. The molecule has 1 atom stereocenters. The largest absolute Gasteiger partial charge is 0.497 e. The summed E-state index contributed by atoms with van der Waals surface area (Å²) < 4.78 is 18.5. The fraction of sp³-hybridized carbons (Fsp3) is 0.300. The molecule has 0 aliphatic carbocycles. The number of benzene rings is 2. The smallest absolute Gasteiger partial charge is 0.227 e. The molecule has 1 fully saturated rings. The fourth-order valence-corrected chi connectivity index (χ4v) is 3.26. The van der Waals surface area contributed by atoms with Gasteiger partial charge in [0.05, 0.1) is 18.1 Å². The number of rotatable bonds is 6. The lowest BCUT2D eigenvalue weighted by Crippen LogP contribution is -2.34. The number of anilines is 1. The average molecular weight is 391 g/mol. The van der Waals surface area contributed by atoms with Crippen LogP contribution in [0.3, 0.4) is 0 Å². The Kier molecular flexibility index (Phi) is 5.96. The second kappa shape index (κ2) is 8.39. The Labute approximate surface area is 162 Å². The van der Waals surface area contributed by atoms with E-state index in [0.29, 0.717) is 18.7 Å². The second-order valence-corrected chi connectivity index (χ2v) is 6.80. The van der Waals surface area contributed by atoms with E-state index < -0.39 is 11.7 Å². The molecular formula is C20H20ClFN2O3. The highest BCUT2D eigenvalue weighted by Crippen LogP contribution is 2.28. The normalized spacial score (nSPS) is 16.5. The van der Waals surface area contributed by atoms with Gasteiger partial charge in [0, 0.05) is 25.2 Å². The number of methoxy groups -OCH3 is 1. The van der Waals surface area contributed by atoms with Crippen LogP contribution in [0.5, 0.6) is 5.75 Å². The van der Waals surface area contributed by atoms with Crippen LogP contribution in [0.4, 0.5) is 10.1 Å². The number of ether oxygens (including phenoxy) is 1. The zero-order valence-electron chi connectivity index (χ0n) is 14.9. The monoisotopic (exact) mass is 390 g/mol. The molecule has 3 rings (SSSR count). The Bertz CT molecular complexity index is 859. The van der Waals surface area contributed by atoms with Gasteiger partial charge in [0.2, 0.25) is 11.8 Å². The quantitative estimate of drug-likeness (QED) is 0.824. The van der Waals surface area contributed by atoms with Crippen molar-refractivity contribution in [2.75, 3.05) is 25.1 Å². The molecule has 1 unspecified atom stereocenters. The molecule has 0 radical (unpaired) electrons. The van der Waals surface area contributed by atoms with Crippen LogP contribution in [0, 0.1) is 11.7 Å². The molecule has 2 aromatic carbocycles. The van der Waals surface area contributed by atoms with Gasteiger partial charge < -0.3 is 15.0 Å². The first-order valence-corrected chi connectivity index (χ1v) is 9.02. The van der Waals surface area contributed by atoms with Gasteiger partial charge in [0.25, 0.3) is 0 Å². The summed E-state index contributed by atoms with van der Waals surface area (Å²) in [7, 11) is 1.61. The summed E-state index contributed by atoms with van der Waals surface area (Å²) >= 11 is 5.79. The average Bonchev–Trinajstić information content (AvgIpc) is 3.06. The van der Waals surface area contributed by atoms with E-state index in [2.05, 4.69) is 5.32 Å². The van der Waals surface area contributed by atoms with Crippen LogP contribution in [0.1, 0.15) is 12.0 Å². The van der Waals surface area contributed by atoms with Gasteiger partial charge in [-0.3, -0.25) is 9.59 Å². The lowest BCUT2D eigenvalue weighted by Gasteiger charge is -2.17. The minimum Gasteiger partial charge on any atom is -0.497 e. The molecule has 0 bridgehead atoms. The molecule has 2 aromatic rings. The molecule has 1 aliphatic rings. The highest BCUT2D eigenvalue weighted by molar-refractivity contribution is 6.31. The van der Waals surface area contributed by atoms with Gasteiger partial charge in [-0.15, -0.1) is 0 Å². The van der Waals surface area contributed by atoms with Crippen molar-refractivity contribution in [1.29, 1.82) is 0 Å². The van der Waals surface area contributed by atoms with Gasteiger partial charge in [-0.2, -0.15) is 0 Å². The van der Waals surface area contributed by atoms with Crippen molar-refractivity contribution in [2.45, 2.75) is 12.8 Å². The molecule has 1 saturated heterocycles. The third kappa shape index (κ3) is 4.57. The summed E-state index contributed by atoms with van der Waals surface area (Å²) in [4.78, 5) is 26.1. The van der Waals surface area contributed by atoms with E-state index >= 15 is 0 Å². The Morgan fingerprint density at radius 1 is 1.33 bits per heavy atom. The van der Waals surface area contributed by atoms with Crippen molar-refractivity contribution >= 4 is 29.1 Å². The molecule has 0 saturated carbocycles. The van der Waals surface area contributed by atoms with E-state index in [0.717, 1.165) is 11.3 Å². The highest BCUT2D eigenvalue weighted by Gasteiger charge is 2.35. The Hall–Kier alpha value is -2.60. The zero-order chi connectivity index (χ0) is 19.4. The van der Waals surface area contributed by atoms with Crippen molar-refractivity contribution in [1.82, 2.24) is 5.32 Å². The molecule has 5 nitrogen and oxygen atoms in total. The fourth-order valence-electron chi connectivity index (χ4n) is 3.09. The maximum absolute atomic E-state index is 13.3. The van der Waals surface area contributed by atoms with Crippen LogP contribution in [-0.4, -0.2) is 32.0 Å². The molecule has 2 amide bonds. The van der Waals surface area contributed by atoms with Gasteiger partial charge in [-0.1, -0.05) is 23.7 Å². The SMILES string of the molecule is COc1cccc(CCNC(=O)C2CC(=O)N(c3ccc(F)c(Cl)c3)C2)c1. The number of halogens is 2. The molecule has 0 aromatic heterocycles. The molecule has 1 aliphatic heterocycles. The molecule has 1 heterocycles. The third-order valence-corrected chi connectivity index (χ3v) is 4.85. The van der Waals surface area contributed by atoms with E-state index in [9.17, 15) is 14.0 Å². The minimum atomic E-state index is -0.543. The minimum absolute atomic E-state index is 0.0495. The van der Waals surface area contributed by atoms with Gasteiger partial charge >= 0.3 is 0 Å². The lowest BCUT2D eigenvalue weighted by atomic mass is 10.1. The van der Waals surface area contributed by atoms with Crippen molar-refractivity contribution in [3.05, 3.63) is 58.9 Å². The Balaban J connectivity index is 1.54. The number of carbonyl (C=O) groups excluding carboxylic acids is 2. The van der Waals surface area contributed by atoms with Gasteiger partial charge in [0.15, 0.2) is 0 Å². The third-order valence-electron chi connectivity index (χ3n) is 4.56. The molecule has 1 N–H and O–H groups in total. The number of nitrogens with one attached hydrogen (secondary N) is 1. The van der Waals surface area contributed by atoms with Gasteiger partial charge in [-0.25, -0.2) is 4.39 Å². The predicted octanol–water partition coefficient (Wildman–Crippen LogP) is 3.20. The summed E-state index contributed by atoms with van der Waals surface area (Å²) in [6.45, 7) is 0.727. The summed E-state index contributed by atoms with van der Waals surface area (Å²) in [5.74, 6) is -0.549. The van der Waals surface area contributed by atoms with Crippen molar-refractivity contribution in [2.24, 2.45) is 5.92 Å². The summed E-state index contributed by atoms with van der Waals surface area (Å²) in [5, 5.41) is 2.83. The van der Waals surface area contributed by atoms with Crippen molar-refractivity contribution < 1.29 is 18.7 Å². The maximum atomic E-state index is 13.3. The second-order valence-electron chi connectivity index (χ2n) is 6.40. The first-order valence-electron chi connectivity index (χ1n) is 8.64. The molecule has 27 heavy (non-hydrogen) atoms. The predicted molar refractivity (Wildman–Crippen MR) is 102 cm³/mol. The lowest BCUT2D eigenvalue weighted by molar-refractivity contribution is -0.126. The van der Waals surface area contributed by atoms with Gasteiger partial charge in [-0.05, 0) is 42.3 Å². The van der Waals surface area contributed by atoms with Crippen molar-refractivity contribution in [3.63, 3.8) is 0 Å². The van der Waals surface area contributed by atoms with Crippen LogP contribution in [0.2, 0.25) is 5.02 Å². The van der Waals surface area contributed by atoms with E-state index in [1.165, 1.54) is 23.1 Å². The molecule has 7 heteroatoms. The molecule has 142 valence electrons. The number of hydrogen-bond acceptors (Lipinski definition) is 3. The summed E-state index contributed by atoms with van der Waals surface area (Å²) in [5.41, 5.74) is 1.55. The Morgan fingerprint density at radius 3 is 2.89 bits per heavy atom. The molecular weight excluding hydrogens is 371 g/mol. The molecule has 0 spiro atoms. The first-order chi connectivity index (χ1) is 13.0. The number of carbonyl (C=O) groups is 2. The van der Waals surface area contributed by atoms with Crippen molar-refractivity contribution in [3.8, 4) is 5.75 Å². The summed E-state index contributed by atoms with van der Waals surface area (Å²) in [6, 6.07) is 11.8. The zero-order valence-corrected chi connectivity index (χ0v) is 15.6. The van der Waals surface area contributed by atoms with Crippen LogP contribution in [-0.2, 0) is 16.0 Å². The number of hydrogen-bond donors (Lipinski definition) is 1. The van der Waals surface area contributed by atoms with Crippen LogP contribution >= 0.6 is 11.6 Å². The van der Waals surface area contributed by atoms with E-state index in [1.54, 1.807) is 7.11 Å². The van der Waals surface area contributed by atoms with E-state index in [4.69, 9.17) is 16.3 Å². The standard InChI is InChI=1S/C20H20ClFN2O3/c1-27-16-4-2-3-13(9-16)7-8-23-20(26)14-10-19(25)24(12-14)15-5-6-18(22)17(21)11-15/h2-6,9,11,14H,7-8,10,12H2,1H3,(H,23,26). The van der Waals surface area contributed by atoms with E-state index in [1.807, 2.05) is 24.3 Å². The van der Waals surface area contributed by atoms with Crippen LogP contribution < -0.4 is 15.0 Å². The number of nitrogens with zero attached hydrogens (tertiary/aromatic N) is 1. The summed E-state index contributed by atoms with van der Waals surface area (Å²) in [6.07, 6.45) is 0.793. The number of amides is 2. The van der Waals surface area contributed by atoms with Gasteiger partial charge in [0.1, 0.15) is 11.6 Å². The Morgan fingerprint density at radius 2 is 2.15 bits per heavy atom. The van der Waals surface area contributed by atoms with Crippen LogP contribution in [0.15, 0.2) is 42.5 Å². The maximum Gasteiger partial charge on any atom is 0.227 e. The highest BCUT2D eigenvalue weighted by atomic mass is 35.5. The van der Waals surface area contributed by atoms with Crippen LogP contribution in [0.25, 0.3) is 0 Å². The topological polar surface area (TPSA) is 58.6 Å².